The summed E-state index contributed by atoms with van der Waals surface area (Å²) in [6, 6.07) is 9.76. The Morgan fingerprint density at radius 1 is 1.15 bits per heavy atom. The van der Waals surface area contributed by atoms with E-state index >= 15 is 0 Å². The molecule has 0 atom stereocenters. The molecule has 0 aromatic heterocycles. The third-order valence-electron chi connectivity index (χ3n) is 3.48. The first-order chi connectivity index (χ1) is 12.7. The third-order valence-corrected chi connectivity index (χ3v) is 3.48. The number of benzene rings is 2. The van der Waals surface area contributed by atoms with Crippen LogP contribution >= 0.6 is 0 Å². The highest BCUT2D eigenvalue weighted by molar-refractivity contribution is 5.86. The molecule has 0 heterocycles. The van der Waals surface area contributed by atoms with Gasteiger partial charge in [0.1, 0.15) is 18.0 Å². The Morgan fingerprint density at radius 2 is 1.81 bits per heavy atom. The van der Waals surface area contributed by atoms with Gasteiger partial charge >= 0.3 is 6.09 Å². The summed E-state index contributed by atoms with van der Waals surface area (Å²) >= 11 is 0. The lowest BCUT2D eigenvalue weighted by Crippen LogP contribution is -2.27. The van der Waals surface area contributed by atoms with Gasteiger partial charge in [-0.15, -0.1) is 0 Å². The summed E-state index contributed by atoms with van der Waals surface area (Å²) in [6.45, 7) is 5.27. The van der Waals surface area contributed by atoms with Crippen molar-refractivity contribution in [3.05, 3.63) is 53.3 Å². The van der Waals surface area contributed by atoms with Crippen LogP contribution in [0, 0.1) is 5.82 Å². The topological polar surface area (TPSA) is 73.9 Å². The fourth-order valence-corrected chi connectivity index (χ4v) is 2.29. The fourth-order valence-electron chi connectivity index (χ4n) is 2.29. The molecule has 0 unspecified atom stereocenters. The van der Waals surface area contributed by atoms with Crippen LogP contribution in [0.5, 0.6) is 11.5 Å². The molecule has 1 N–H and O–H groups in total. The monoisotopic (exact) mass is 375 g/mol. The number of para-hydroxylation sites is 1. The Morgan fingerprint density at radius 3 is 2.44 bits per heavy atom. The van der Waals surface area contributed by atoms with Gasteiger partial charge in [-0.3, -0.25) is 10.1 Å². The zero-order chi connectivity index (χ0) is 20.0. The van der Waals surface area contributed by atoms with E-state index in [4.69, 9.17) is 14.2 Å². The smallest absolute Gasteiger partial charge is 0.412 e. The first-order valence-corrected chi connectivity index (χ1v) is 8.27. The predicted molar refractivity (Wildman–Crippen MR) is 99.0 cm³/mol. The maximum absolute atomic E-state index is 14.4. The van der Waals surface area contributed by atoms with Gasteiger partial charge < -0.3 is 14.2 Å². The van der Waals surface area contributed by atoms with Crippen LogP contribution in [0.2, 0.25) is 0 Å². The van der Waals surface area contributed by atoms with Gasteiger partial charge in [-0.25, -0.2) is 9.18 Å². The molecule has 0 radical (unpaired) electrons. The van der Waals surface area contributed by atoms with Crippen molar-refractivity contribution in [2.75, 3.05) is 12.4 Å². The maximum Gasteiger partial charge on any atom is 0.412 e. The molecule has 0 saturated heterocycles. The zero-order valence-corrected chi connectivity index (χ0v) is 15.7. The number of aldehydes is 1. The molecule has 2 rings (SSSR count). The second-order valence-electron chi connectivity index (χ2n) is 6.68. The number of anilines is 1. The molecule has 0 spiro atoms. The number of nitrogens with one attached hydrogen (secondary N) is 1. The molecule has 7 heteroatoms. The highest BCUT2D eigenvalue weighted by Crippen LogP contribution is 2.29. The summed E-state index contributed by atoms with van der Waals surface area (Å²) in [7, 11) is 1.35. The molecule has 0 aliphatic rings. The van der Waals surface area contributed by atoms with Crippen molar-refractivity contribution in [2.45, 2.75) is 33.0 Å². The normalized spacial score (nSPS) is 10.9. The average Bonchev–Trinajstić information content (AvgIpc) is 2.59. The molecule has 2 aromatic rings. The van der Waals surface area contributed by atoms with Gasteiger partial charge in [0.05, 0.1) is 18.4 Å². The summed E-state index contributed by atoms with van der Waals surface area (Å²) in [5.41, 5.74) is 0.255. The number of halogens is 1. The molecule has 0 fully saturated rings. The second kappa shape index (κ2) is 8.53. The molecule has 1 amide bonds. The number of hydrogen-bond acceptors (Lipinski definition) is 5. The summed E-state index contributed by atoms with van der Waals surface area (Å²) in [6.07, 6.45) is -0.229. The van der Waals surface area contributed by atoms with Crippen molar-refractivity contribution in [3.63, 3.8) is 0 Å². The Hall–Kier alpha value is -3.09. The third kappa shape index (κ3) is 5.44. The van der Waals surface area contributed by atoms with Gasteiger partial charge in [0.15, 0.2) is 17.9 Å². The van der Waals surface area contributed by atoms with E-state index in [0.717, 1.165) is 0 Å². The second-order valence-corrected chi connectivity index (χ2v) is 6.68. The molecule has 6 nitrogen and oxygen atoms in total. The van der Waals surface area contributed by atoms with Crippen LogP contribution in [-0.2, 0) is 11.3 Å². The quantitative estimate of drug-likeness (QED) is 0.749. The van der Waals surface area contributed by atoms with Crippen LogP contribution in [0.25, 0.3) is 0 Å². The van der Waals surface area contributed by atoms with Gasteiger partial charge in [-0.2, -0.15) is 0 Å². The number of ether oxygens (including phenoxy) is 3. The lowest BCUT2D eigenvalue weighted by atomic mass is 10.1. The van der Waals surface area contributed by atoms with Crippen molar-refractivity contribution in [2.24, 2.45) is 0 Å². The van der Waals surface area contributed by atoms with E-state index in [1.54, 1.807) is 45.0 Å². The van der Waals surface area contributed by atoms with Crippen LogP contribution < -0.4 is 14.8 Å². The molecule has 0 saturated carbocycles. The van der Waals surface area contributed by atoms with E-state index in [9.17, 15) is 14.0 Å². The standard InChI is InChI=1S/C20H22FNO5/c1-20(2,3)27-19(24)22-15-8-6-5-7-13(15)12-26-17-10-9-16(25-4)14(11-23)18(17)21/h5-11H,12H2,1-4H3,(H,22,24). The van der Waals surface area contributed by atoms with Crippen LogP contribution in [0.15, 0.2) is 36.4 Å². The predicted octanol–water partition coefficient (Wildman–Crippen LogP) is 4.57. The van der Waals surface area contributed by atoms with Crippen molar-refractivity contribution in [1.82, 2.24) is 0 Å². The molecule has 144 valence electrons. The summed E-state index contributed by atoms with van der Waals surface area (Å²) < 4.78 is 30.1. The number of hydrogen-bond donors (Lipinski definition) is 1. The largest absolute Gasteiger partial charge is 0.496 e. The van der Waals surface area contributed by atoms with E-state index in [-0.39, 0.29) is 23.7 Å². The summed E-state index contributed by atoms with van der Waals surface area (Å²) in [4.78, 5) is 23.1. The first kappa shape index (κ1) is 20.2. The van der Waals surface area contributed by atoms with Crippen LogP contribution in [0.3, 0.4) is 0 Å². The number of methoxy groups -OCH3 is 1. The lowest BCUT2D eigenvalue weighted by molar-refractivity contribution is 0.0635. The minimum absolute atomic E-state index is 0.0203. The maximum atomic E-state index is 14.4. The molecule has 0 aliphatic carbocycles. The van der Waals surface area contributed by atoms with Crippen molar-refractivity contribution in [1.29, 1.82) is 0 Å². The number of rotatable bonds is 6. The van der Waals surface area contributed by atoms with Crippen LogP contribution in [0.4, 0.5) is 14.9 Å². The summed E-state index contributed by atoms with van der Waals surface area (Å²) in [5, 5.41) is 2.65. The Labute approximate surface area is 157 Å². The van der Waals surface area contributed by atoms with E-state index in [1.807, 2.05) is 0 Å². The van der Waals surface area contributed by atoms with Gasteiger partial charge in [0.25, 0.3) is 0 Å². The van der Waals surface area contributed by atoms with Gasteiger partial charge in [0.2, 0.25) is 0 Å². The molecule has 27 heavy (non-hydrogen) atoms. The fraction of sp³-hybridized carbons (Fsp3) is 0.300. The van der Waals surface area contributed by atoms with Crippen molar-refractivity contribution < 1.29 is 28.2 Å². The Balaban J connectivity index is 2.15. The number of carbonyl (C=O) groups excluding carboxylic acids is 2. The molecule has 0 aliphatic heterocycles. The van der Waals surface area contributed by atoms with E-state index in [2.05, 4.69) is 5.32 Å². The van der Waals surface area contributed by atoms with Gasteiger partial charge in [-0.05, 0) is 39.0 Å². The van der Waals surface area contributed by atoms with Gasteiger partial charge in [0, 0.05) is 5.56 Å². The highest BCUT2D eigenvalue weighted by Gasteiger charge is 2.18. The van der Waals surface area contributed by atoms with Crippen LogP contribution in [0.1, 0.15) is 36.7 Å². The van der Waals surface area contributed by atoms with Crippen molar-refractivity contribution in [3.8, 4) is 11.5 Å². The minimum atomic E-state index is -0.804. The Kier molecular flexibility index (Phi) is 6.39. The zero-order valence-electron chi connectivity index (χ0n) is 15.7. The molecule has 0 bridgehead atoms. The highest BCUT2D eigenvalue weighted by atomic mass is 19.1. The molecular formula is C20H22FNO5. The van der Waals surface area contributed by atoms with E-state index in [0.29, 0.717) is 17.5 Å². The lowest BCUT2D eigenvalue weighted by Gasteiger charge is -2.20. The SMILES string of the molecule is COc1ccc(OCc2ccccc2NC(=O)OC(C)(C)C)c(F)c1C=O. The first-order valence-electron chi connectivity index (χ1n) is 8.27. The molecular weight excluding hydrogens is 353 g/mol. The number of amides is 1. The van der Waals surface area contributed by atoms with E-state index < -0.39 is 17.5 Å². The van der Waals surface area contributed by atoms with E-state index in [1.165, 1.54) is 19.2 Å². The number of carbonyl (C=O) groups is 2. The minimum Gasteiger partial charge on any atom is -0.496 e. The van der Waals surface area contributed by atoms with Crippen molar-refractivity contribution >= 4 is 18.1 Å². The average molecular weight is 375 g/mol. The molecule has 2 aromatic carbocycles. The van der Waals surface area contributed by atoms with Crippen LogP contribution in [-0.4, -0.2) is 25.1 Å². The van der Waals surface area contributed by atoms with Gasteiger partial charge in [-0.1, -0.05) is 18.2 Å². The Bertz CT molecular complexity index is 830. The summed E-state index contributed by atoms with van der Waals surface area (Å²) in [5.74, 6) is -0.770.